The number of hydrogen-bond acceptors (Lipinski definition) is 3. The molecule has 1 N–H and O–H groups in total. The molecule has 1 aliphatic carbocycles. The Labute approximate surface area is 124 Å². The number of benzene rings is 1. The molecule has 0 amide bonds. The molecule has 1 fully saturated rings. The van der Waals surface area contributed by atoms with Crippen molar-refractivity contribution in [3.63, 3.8) is 0 Å². The van der Waals surface area contributed by atoms with Crippen molar-refractivity contribution in [1.29, 1.82) is 0 Å². The topological polar surface area (TPSA) is 37.8 Å². The highest BCUT2D eigenvalue weighted by Crippen LogP contribution is 2.42. The minimum absolute atomic E-state index is 0.265. The van der Waals surface area contributed by atoms with Crippen LogP contribution in [0.4, 0.5) is 4.39 Å². The summed E-state index contributed by atoms with van der Waals surface area (Å²) in [6.07, 6.45) is 2.44. The zero-order valence-corrected chi connectivity index (χ0v) is 12.4. The number of nitrogens with zero attached hydrogens (tertiary/aromatic N) is 2. The van der Waals surface area contributed by atoms with Crippen LogP contribution in [0.15, 0.2) is 22.7 Å². The summed E-state index contributed by atoms with van der Waals surface area (Å²) in [5, 5.41) is 3.34. The number of aromatic nitrogens is 2. The third-order valence-electron chi connectivity index (χ3n) is 3.86. The SMILES string of the molecule is Fc1ccc(-c2nc3c(c(C4CC4)n2)CNC3)cc1Br. The minimum atomic E-state index is -0.265. The maximum absolute atomic E-state index is 13.4. The molecule has 2 aliphatic rings. The molecule has 0 atom stereocenters. The van der Waals surface area contributed by atoms with Crippen LogP contribution in [0.1, 0.15) is 35.7 Å². The summed E-state index contributed by atoms with van der Waals surface area (Å²) in [5.74, 6) is 1.03. The molecule has 1 aromatic heterocycles. The summed E-state index contributed by atoms with van der Waals surface area (Å²) in [4.78, 5) is 9.40. The molecule has 2 aromatic rings. The smallest absolute Gasteiger partial charge is 0.159 e. The highest BCUT2D eigenvalue weighted by Gasteiger charge is 2.31. The van der Waals surface area contributed by atoms with Gasteiger partial charge in [-0.05, 0) is 47.0 Å². The lowest BCUT2D eigenvalue weighted by Crippen LogP contribution is -2.02. The normalized spacial score (nSPS) is 17.3. The predicted molar refractivity (Wildman–Crippen MR) is 77.6 cm³/mol. The fourth-order valence-electron chi connectivity index (χ4n) is 2.65. The second-order valence-corrected chi connectivity index (χ2v) is 6.22. The van der Waals surface area contributed by atoms with Gasteiger partial charge in [0.2, 0.25) is 0 Å². The van der Waals surface area contributed by atoms with Crippen LogP contribution in [0.25, 0.3) is 11.4 Å². The summed E-state index contributed by atoms with van der Waals surface area (Å²) < 4.78 is 13.8. The Hall–Kier alpha value is -1.33. The third-order valence-corrected chi connectivity index (χ3v) is 4.47. The van der Waals surface area contributed by atoms with Crippen molar-refractivity contribution < 1.29 is 4.39 Å². The van der Waals surface area contributed by atoms with Crippen LogP contribution in [0.3, 0.4) is 0 Å². The van der Waals surface area contributed by atoms with E-state index in [-0.39, 0.29) is 5.82 Å². The quantitative estimate of drug-likeness (QED) is 0.913. The molecule has 1 aliphatic heterocycles. The lowest BCUT2D eigenvalue weighted by molar-refractivity contribution is 0.621. The van der Waals surface area contributed by atoms with Gasteiger partial charge >= 0.3 is 0 Å². The Bertz CT molecular complexity index is 698. The molecule has 5 heteroatoms. The van der Waals surface area contributed by atoms with Gasteiger partial charge in [0, 0.05) is 30.1 Å². The van der Waals surface area contributed by atoms with Gasteiger partial charge in [0.25, 0.3) is 0 Å². The summed E-state index contributed by atoms with van der Waals surface area (Å²) in [5.41, 5.74) is 4.42. The molecular formula is C15H13BrFN3. The van der Waals surface area contributed by atoms with Gasteiger partial charge in [-0.3, -0.25) is 0 Å². The van der Waals surface area contributed by atoms with Crippen LogP contribution < -0.4 is 5.32 Å². The molecule has 3 nitrogen and oxygen atoms in total. The number of fused-ring (bicyclic) bond motifs is 1. The van der Waals surface area contributed by atoms with Gasteiger partial charge < -0.3 is 5.32 Å². The second-order valence-electron chi connectivity index (χ2n) is 5.36. The van der Waals surface area contributed by atoms with Gasteiger partial charge in [0.1, 0.15) is 5.82 Å². The standard InChI is InChI=1S/C15H13BrFN3/c16-11-5-9(3-4-12(11)17)15-19-13-7-18-6-10(13)14(20-15)8-1-2-8/h3-5,8,18H,1-2,6-7H2. The summed E-state index contributed by atoms with van der Waals surface area (Å²) in [7, 11) is 0. The van der Waals surface area contributed by atoms with Gasteiger partial charge in [-0.2, -0.15) is 0 Å². The highest BCUT2D eigenvalue weighted by atomic mass is 79.9. The maximum Gasteiger partial charge on any atom is 0.159 e. The van der Waals surface area contributed by atoms with Crippen LogP contribution >= 0.6 is 15.9 Å². The molecule has 0 bridgehead atoms. The zero-order chi connectivity index (χ0) is 13.7. The van der Waals surface area contributed by atoms with Crippen molar-refractivity contribution in [3.8, 4) is 11.4 Å². The van der Waals surface area contributed by atoms with E-state index in [0.717, 1.165) is 24.3 Å². The largest absolute Gasteiger partial charge is 0.307 e. The predicted octanol–water partition coefficient (Wildman–Crippen LogP) is 3.53. The average molecular weight is 334 g/mol. The number of hydrogen-bond donors (Lipinski definition) is 1. The fraction of sp³-hybridized carbons (Fsp3) is 0.333. The van der Waals surface area contributed by atoms with Gasteiger partial charge in [-0.1, -0.05) is 0 Å². The van der Waals surface area contributed by atoms with E-state index in [1.54, 1.807) is 12.1 Å². The first-order valence-corrected chi connectivity index (χ1v) is 7.57. The molecule has 0 spiro atoms. The Morgan fingerprint density at radius 1 is 1.20 bits per heavy atom. The van der Waals surface area contributed by atoms with Crippen LogP contribution in [0.5, 0.6) is 0 Å². The summed E-state index contributed by atoms with van der Waals surface area (Å²) in [6.45, 7) is 1.67. The highest BCUT2D eigenvalue weighted by molar-refractivity contribution is 9.10. The van der Waals surface area contributed by atoms with Crippen molar-refractivity contribution in [1.82, 2.24) is 15.3 Å². The van der Waals surface area contributed by atoms with Gasteiger partial charge in [-0.15, -0.1) is 0 Å². The molecule has 0 radical (unpaired) electrons. The first-order valence-electron chi connectivity index (χ1n) is 6.78. The number of nitrogens with one attached hydrogen (secondary N) is 1. The molecule has 102 valence electrons. The van der Waals surface area contributed by atoms with Crippen LogP contribution in [0, 0.1) is 5.82 Å². The first kappa shape index (κ1) is 12.4. The van der Waals surface area contributed by atoms with E-state index in [4.69, 9.17) is 4.98 Å². The van der Waals surface area contributed by atoms with Gasteiger partial charge in [0.05, 0.1) is 15.9 Å². The summed E-state index contributed by atoms with van der Waals surface area (Å²) >= 11 is 3.22. The van der Waals surface area contributed by atoms with E-state index in [1.165, 1.54) is 30.2 Å². The minimum Gasteiger partial charge on any atom is -0.307 e. The Kier molecular flexibility index (Phi) is 2.86. The van der Waals surface area contributed by atoms with E-state index >= 15 is 0 Å². The van der Waals surface area contributed by atoms with Crippen molar-refractivity contribution in [2.24, 2.45) is 0 Å². The van der Waals surface area contributed by atoms with Crippen molar-refractivity contribution in [2.45, 2.75) is 31.8 Å². The zero-order valence-electron chi connectivity index (χ0n) is 10.8. The number of halogens is 2. The monoisotopic (exact) mass is 333 g/mol. The van der Waals surface area contributed by atoms with Crippen molar-refractivity contribution >= 4 is 15.9 Å². The van der Waals surface area contributed by atoms with E-state index < -0.39 is 0 Å². The second kappa shape index (κ2) is 4.60. The molecule has 1 aromatic carbocycles. The van der Waals surface area contributed by atoms with Gasteiger partial charge in [-0.25, -0.2) is 14.4 Å². The maximum atomic E-state index is 13.4. The lowest BCUT2D eigenvalue weighted by Gasteiger charge is -2.09. The Morgan fingerprint density at radius 2 is 2.05 bits per heavy atom. The van der Waals surface area contributed by atoms with Crippen LogP contribution in [-0.4, -0.2) is 9.97 Å². The Balaban J connectivity index is 1.85. The van der Waals surface area contributed by atoms with Crippen LogP contribution in [-0.2, 0) is 13.1 Å². The third kappa shape index (κ3) is 2.05. The molecule has 1 saturated carbocycles. The molecule has 0 unspecified atom stereocenters. The Morgan fingerprint density at radius 3 is 2.80 bits per heavy atom. The van der Waals surface area contributed by atoms with Crippen molar-refractivity contribution in [3.05, 3.63) is 45.4 Å². The number of rotatable bonds is 2. The molecule has 0 saturated heterocycles. The lowest BCUT2D eigenvalue weighted by atomic mass is 10.1. The molecular weight excluding hydrogens is 321 g/mol. The van der Waals surface area contributed by atoms with E-state index in [0.29, 0.717) is 16.2 Å². The van der Waals surface area contributed by atoms with E-state index in [9.17, 15) is 4.39 Å². The summed E-state index contributed by atoms with van der Waals surface area (Å²) in [6, 6.07) is 4.93. The van der Waals surface area contributed by atoms with Gasteiger partial charge in [0.15, 0.2) is 5.82 Å². The molecule has 2 heterocycles. The van der Waals surface area contributed by atoms with Crippen LogP contribution in [0.2, 0.25) is 0 Å². The average Bonchev–Trinajstić information content (AvgIpc) is 3.18. The molecule has 4 rings (SSSR count). The molecule has 20 heavy (non-hydrogen) atoms. The van der Waals surface area contributed by atoms with Crippen molar-refractivity contribution in [2.75, 3.05) is 0 Å². The van der Waals surface area contributed by atoms with E-state index in [2.05, 4.69) is 26.2 Å². The van der Waals surface area contributed by atoms with E-state index in [1.807, 2.05) is 0 Å². The first-order chi connectivity index (χ1) is 9.72. The fourth-order valence-corrected chi connectivity index (χ4v) is 3.03.